The Morgan fingerprint density at radius 1 is 1.32 bits per heavy atom. The number of nitro benzene ring substituents is 1. The van der Waals surface area contributed by atoms with E-state index in [4.69, 9.17) is 4.74 Å². The first-order valence-electron chi connectivity index (χ1n) is 6.83. The summed E-state index contributed by atoms with van der Waals surface area (Å²) in [7, 11) is 5.93. The van der Waals surface area contributed by atoms with Gasteiger partial charge in [-0.3, -0.25) is 19.7 Å². The second-order valence-electron chi connectivity index (χ2n) is 6.27. The molecule has 0 bridgehead atoms. The van der Waals surface area contributed by atoms with Gasteiger partial charge in [0, 0.05) is 18.6 Å². The summed E-state index contributed by atoms with van der Waals surface area (Å²) in [5.41, 5.74) is -0.0474. The summed E-state index contributed by atoms with van der Waals surface area (Å²) in [6.45, 7) is 3.58. The summed E-state index contributed by atoms with van der Waals surface area (Å²) in [6, 6.07) is 3.83. The second-order valence-corrected chi connectivity index (χ2v) is 6.27. The summed E-state index contributed by atoms with van der Waals surface area (Å²) in [5, 5.41) is 10.9. The van der Waals surface area contributed by atoms with Crippen LogP contribution in [0.25, 0.3) is 0 Å². The maximum Gasteiger partial charge on any atom is 0.311 e. The maximum absolute atomic E-state index is 12.4. The van der Waals surface area contributed by atoms with E-state index in [1.165, 1.54) is 18.2 Å². The number of rotatable bonds is 6. The van der Waals surface area contributed by atoms with Crippen LogP contribution < -0.4 is 4.74 Å². The molecule has 0 spiro atoms. The van der Waals surface area contributed by atoms with Gasteiger partial charge in [-0.15, -0.1) is 0 Å². The van der Waals surface area contributed by atoms with Gasteiger partial charge in [0.05, 0.1) is 38.5 Å². The Hall–Kier alpha value is -2.28. The first-order valence-corrected chi connectivity index (χ1v) is 6.83. The molecule has 120 valence electrons. The molecule has 1 aromatic rings. The summed E-state index contributed by atoms with van der Waals surface area (Å²) in [6.07, 6.45) is 0. The number of esters is 1. The Morgan fingerprint density at radius 2 is 1.91 bits per heavy atom. The van der Waals surface area contributed by atoms with Crippen molar-refractivity contribution in [2.75, 3.05) is 27.7 Å². The van der Waals surface area contributed by atoms with Crippen molar-refractivity contribution in [1.82, 2.24) is 0 Å². The topological polar surface area (TPSA) is 86.5 Å². The first-order chi connectivity index (χ1) is 10.0. The van der Waals surface area contributed by atoms with Gasteiger partial charge in [-0.25, -0.2) is 0 Å². The highest BCUT2D eigenvalue weighted by atomic mass is 16.6. The number of ether oxygens (including phenoxy) is 1. The van der Waals surface area contributed by atoms with E-state index in [1.54, 1.807) is 6.92 Å². The highest BCUT2D eigenvalue weighted by Crippen LogP contribution is 2.29. The Bertz CT molecular complexity index is 604. The number of ketones is 1. The van der Waals surface area contributed by atoms with E-state index < -0.39 is 10.9 Å². The van der Waals surface area contributed by atoms with Crippen LogP contribution in [0.15, 0.2) is 18.2 Å². The average Bonchev–Trinajstić information content (AvgIpc) is 2.34. The van der Waals surface area contributed by atoms with Crippen molar-refractivity contribution in [2.24, 2.45) is 5.92 Å². The van der Waals surface area contributed by atoms with E-state index >= 15 is 0 Å². The molecule has 0 saturated carbocycles. The van der Waals surface area contributed by atoms with E-state index in [2.05, 4.69) is 0 Å². The van der Waals surface area contributed by atoms with Gasteiger partial charge in [-0.1, -0.05) is 0 Å². The van der Waals surface area contributed by atoms with E-state index in [-0.39, 0.29) is 23.1 Å². The maximum atomic E-state index is 12.4. The van der Waals surface area contributed by atoms with Crippen molar-refractivity contribution >= 4 is 17.4 Å². The molecule has 22 heavy (non-hydrogen) atoms. The fourth-order valence-electron chi connectivity index (χ4n) is 2.24. The molecule has 0 heterocycles. The molecule has 1 aromatic carbocycles. The molecular weight excluding hydrogens is 288 g/mol. The minimum Gasteiger partial charge on any atom is -0.419 e. The lowest BCUT2D eigenvalue weighted by Gasteiger charge is -2.26. The summed E-state index contributed by atoms with van der Waals surface area (Å²) in [5.74, 6) is -1.28. The number of carbonyl (C=O) groups is 2. The molecule has 0 amide bonds. The largest absolute Gasteiger partial charge is 0.419 e. The van der Waals surface area contributed by atoms with Crippen LogP contribution in [0.5, 0.6) is 5.75 Å². The summed E-state index contributed by atoms with van der Waals surface area (Å²) >= 11 is 0. The molecule has 0 aromatic heterocycles. The summed E-state index contributed by atoms with van der Waals surface area (Å²) in [4.78, 5) is 33.8. The molecule has 0 aliphatic carbocycles. The van der Waals surface area contributed by atoms with Gasteiger partial charge in [-0.05, 0) is 19.1 Å². The molecule has 0 aliphatic rings. The van der Waals surface area contributed by atoms with Gasteiger partial charge < -0.3 is 9.22 Å². The van der Waals surface area contributed by atoms with Gasteiger partial charge >= 0.3 is 11.7 Å². The molecular formula is C15H21N2O5+. The Labute approximate surface area is 129 Å². The Morgan fingerprint density at radius 3 is 2.36 bits per heavy atom. The number of hydrogen-bond acceptors (Lipinski definition) is 5. The fraction of sp³-hybridized carbons (Fsp3) is 0.467. The van der Waals surface area contributed by atoms with Crippen LogP contribution in [0.3, 0.4) is 0 Å². The number of nitrogens with zero attached hydrogens (tertiary/aromatic N) is 2. The third-order valence-corrected chi connectivity index (χ3v) is 2.96. The highest BCUT2D eigenvalue weighted by Gasteiger charge is 2.25. The van der Waals surface area contributed by atoms with Crippen molar-refractivity contribution in [1.29, 1.82) is 0 Å². The SMILES string of the molecule is CC(=O)Oc1cc(C(=O)C(C)C[N+](C)(C)C)ccc1[N+](=O)[O-]. The molecule has 7 heteroatoms. The van der Waals surface area contributed by atoms with Gasteiger partial charge in [-0.2, -0.15) is 0 Å². The molecule has 0 radical (unpaired) electrons. The van der Waals surface area contributed by atoms with Gasteiger partial charge in [0.1, 0.15) is 0 Å². The molecule has 7 nitrogen and oxygen atoms in total. The predicted octanol–water partition coefficient (Wildman–Crippen LogP) is 2.05. The van der Waals surface area contributed by atoms with Crippen LogP contribution in [0, 0.1) is 16.0 Å². The number of quaternary nitrogens is 1. The van der Waals surface area contributed by atoms with Crippen molar-refractivity contribution < 1.29 is 23.7 Å². The third-order valence-electron chi connectivity index (χ3n) is 2.96. The van der Waals surface area contributed by atoms with Crippen LogP contribution in [0.4, 0.5) is 5.69 Å². The van der Waals surface area contributed by atoms with Crippen LogP contribution in [-0.4, -0.2) is 48.8 Å². The van der Waals surface area contributed by atoms with Crippen LogP contribution in [0.2, 0.25) is 0 Å². The van der Waals surface area contributed by atoms with Crippen LogP contribution in [0.1, 0.15) is 24.2 Å². The Kier molecular flexibility index (Phi) is 5.38. The van der Waals surface area contributed by atoms with Gasteiger partial charge in [0.15, 0.2) is 5.78 Å². The lowest BCUT2D eigenvalue weighted by molar-refractivity contribution is -0.872. The normalized spacial score (nSPS) is 12.6. The van der Waals surface area contributed by atoms with Crippen molar-refractivity contribution in [3.63, 3.8) is 0 Å². The highest BCUT2D eigenvalue weighted by molar-refractivity contribution is 5.98. The number of benzene rings is 1. The molecule has 0 saturated heterocycles. The molecule has 1 atom stereocenters. The van der Waals surface area contributed by atoms with E-state index in [1.807, 2.05) is 21.1 Å². The van der Waals surface area contributed by atoms with Gasteiger partial charge in [0.25, 0.3) is 0 Å². The van der Waals surface area contributed by atoms with Crippen LogP contribution in [-0.2, 0) is 4.79 Å². The number of Topliss-reactive ketones (excluding diaryl/α,β-unsaturated/α-hetero) is 1. The van der Waals surface area contributed by atoms with E-state index in [0.29, 0.717) is 16.6 Å². The van der Waals surface area contributed by atoms with Crippen molar-refractivity contribution in [3.05, 3.63) is 33.9 Å². The van der Waals surface area contributed by atoms with Crippen molar-refractivity contribution in [3.8, 4) is 5.75 Å². The third kappa shape index (κ3) is 4.92. The predicted molar refractivity (Wildman–Crippen MR) is 80.8 cm³/mol. The molecule has 1 unspecified atom stereocenters. The number of nitro groups is 1. The zero-order valence-electron chi connectivity index (χ0n) is 13.5. The number of hydrogen-bond donors (Lipinski definition) is 0. The second kappa shape index (κ2) is 6.65. The van der Waals surface area contributed by atoms with E-state index in [0.717, 1.165) is 6.92 Å². The standard InChI is InChI=1S/C15H21N2O5/c1-10(9-17(3,4)5)15(19)12-6-7-13(16(20)21)14(8-12)22-11(2)18/h6-8,10H,9H2,1-5H3/q+1. The Balaban J connectivity index is 3.12. The smallest absolute Gasteiger partial charge is 0.311 e. The monoisotopic (exact) mass is 309 g/mol. The molecule has 0 aliphatic heterocycles. The van der Waals surface area contributed by atoms with Crippen molar-refractivity contribution in [2.45, 2.75) is 13.8 Å². The quantitative estimate of drug-likeness (QED) is 0.200. The average molecular weight is 309 g/mol. The molecule has 0 fully saturated rings. The zero-order chi connectivity index (χ0) is 17.1. The molecule has 0 N–H and O–H groups in total. The van der Waals surface area contributed by atoms with E-state index in [9.17, 15) is 19.7 Å². The minimum atomic E-state index is -0.674. The number of carbonyl (C=O) groups excluding carboxylic acids is 2. The fourth-order valence-corrected chi connectivity index (χ4v) is 2.24. The van der Waals surface area contributed by atoms with Gasteiger partial charge in [0.2, 0.25) is 5.75 Å². The lowest BCUT2D eigenvalue weighted by atomic mass is 9.98. The van der Waals surface area contributed by atoms with Crippen LogP contribution >= 0.6 is 0 Å². The first kappa shape index (κ1) is 17.8. The zero-order valence-corrected chi connectivity index (χ0v) is 13.5. The summed E-state index contributed by atoms with van der Waals surface area (Å²) < 4.78 is 5.46. The molecule has 1 rings (SSSR count). The lowest BCUT2D eigenvalue weighted by Crippen LogP contribution is -2.40. The minimum absolute atomic E-state index is 0.142.